The summed E-state index contributed by atoms with van der Waals surface area (Å²) in [5.41, 5.74) is 2.59. The van der Waals surface area contributed by atoms with Crippen LogP contribution in [0.1, 0.15) is 19.8 Å². The van der Waals surface area contributed by atoms with Crippen LogP contribution >= 0.6 is 11.3 Å². The lowest BCUT2D eigenvalue weighted by Crippen LogP contribution is -2.34. The van der Waals surface area contributed by atoms with Gasteiger partial charge in [0.05, 0.1) is 22.5 Å². The Morgan fingerprint density at radius 1 is 1.27 bits per heavy atom. The van der Waals surface area contributed by atoms with Gasteiger partial charge >= 0.3 is 0 Å². The number of rotatable bonds is 6. The van der Waals surface area contributed by atoms with Crippen molar-refractivity contribution in [2.24, 2.45) is 0 Å². The summed E-state index contributed by atoms with van der Waals surface area (Å²) in [4.78, 5) is 21.5. The zero-order valence-corrected chi connectivity index (χ0v) is 15.6. The highest BCUT2D eigenvalue weighted by molar-refractivity contribution is 7.13. The number of hydrogen-bond donors (Lipinski definition) is 1. The topological polar surface area (TPSA) is 66.8 Å². The zero-order chi connectivity index (χ0) is 17.8. The van der Waals surface area contributed by atoms with Crippen LogP contribution in [0.2, 0.25) is 0 Å². The molecule has 1 fully saturated rings. The lowest BCUT2D eigenvalue weighted by atomic mass is 10.1. The molecule has 1 aliphatic heterocycles. The smallest absolute Gasteiger partial charge is 0.223 e. The van der Waals surface area contributed by atoms with Crippen LogP contribution in [0.25, 0.3) is 21.8 Å². The molecule has 7 heteroatoms. The van der Waals surface area contributed by atoms with E-state index < -0.39 is 0 Å². The van der Waals surface area contributed by atoms with Gasteiger partial charge in [0, 0.05) is 36.7 Å². The second-order valence-electron chi connectivity index (χ2n) is 6.33. The van der Waals surface area contributed by atoms with Crippen molar-refractivity contribution in [3.8, 4) is 21.8 Å². The first-order valence-corrected chi connectivity index (χ1v) is 9.88. The van der Waals surface area contributed by atoms with Gasteiger partial charge in [0.1, 0.15) is 0 Å². The molecule has 0 bridgehead atoms. The van der Waals surface area contributed by atoms with Crippen LogP contribution in [0.15, 0.2) is 42.3 Å². The fourth-order valence-corrected chi connectivity index (χ4v) is 4.17. The Kier molecular flexibility index (Phi) is 5.17. The quantitative estimate of drug-likeness (QED) is 0.719. The second kappa shape index (κ2) is 7.88. The number of nitrogens with one attached hydrogen (secondary N) is 1. The average molecular weight is 366 g/mol. The first-order valence-electron chi connectivity index (χ1n) is 9.00. The van der Waals surface area contributed by atoms with E-state index in [1.165, 1.54) is 19.4 Å². The monoisotopic (exact) mass is 366 g/mol. The van der Waals surface area contributed by atoms with Gasteiger partial charge in [0.15, 0.2) is 0 Å². The molecule has 0 radical (unpaired) electrons. The molecular formula is C19H22N6S. The molecule has 0 unspecified atom stereocenters. The third kappa shape index (κ3) is 3.59. The molecule has 6 nitrogen and oxygen atoms in total. The van der Waals surface area contributed by atoms with Crippen molar-refractivity contribution >= 4 is 17.3 Å². The highest BCUT2D eigenvalue weighted by Gasteiger charge is 2.23. The van der Waals surface area contributed by atoms with E-state index in [0.29, 0.717) is 12.0 Å². The van der Waals surface area contributed by atoms with E-state index in [9.17, 15) is 0 Å². The molecule has 1 atom stereocenters. The summed E-state index contributed by atoms with van der Waals surface area (Å²) in [7, 11) is 0. The van der Waals surface area contributed by atoms with Gasteiger partial charge in [0.2, 0.25) is 5.95 Å². The molecule has 0 spiro atoms. The maximum absolute atomic E-state index is 4.81. The van der Waals surface area contributed by atoms with Crippen LogP contribution in [0.3, 0.4) is 0 Å². The Morgan fingerprint density at radius 2 is 2.23 bits per heavy atom. The van der Waals surface area contributed by atoms with Crippen molar-refractivity contribution in [3.63, 3.8) is 0 Å². The van der Waals surface area contributed by atoms with Crippen molar-refractivity contribution in [2.45, 2.75) is 25.8 Å². The van der Waals surface area contributed by atoms with Crippen LogP contribution in [-0.2, 0) is 0 Å². The number of likely N-dealkylation sites (tertiary alicyclic amines) is 1. The van der Waals surface area contributed by atoms with Crippen LogP contribution in [0, 0.1) is 0 Å². The lowest BCUT2D eigenvalue weighted by Gasteiger charge is -2.23. The molecule has 134 valence electrons. The number of hydrogen-bond acceptors (Lipinski definition) is 7. The van der Waals surface area contributed by atoms with E-state index in [1.54, 1.807) is 29.9 Å². The van der Waals surface area contributed by atoms with Gasteiger partial charge in [-0.3, -0.25) is 14.9 Å². The van der Waals surface area contributed by atoms with Crippen LogP contribution in [0.5, 0.6) is 0 Å². The van der Waals surface area contributed by atoms with Gasteiger partial charge < -0.3 is 5.32 Å². The average Bonchev–Trinajstić information content (AvgIpc) is 3.38. The normalized spacial score (nSPS) is 17.5. The minimum Gasteiger partial charge on any atom is -0.353 e. The maximum atomic E-state index is 4.81. The Morgan fingerprint density at radius 3 is 3.00 bits per heavy atom. The van der Waals surface area contributed by atoms with Crippen molar-refractivity contribution < 1.29 is 0 Å². The summed E-state index contributed by atoms with van der Waals surface area (Å²) in [6.45, 7) is 5.39. The third-order valence-corrected chi connectivity index (χ3v) is 5.66. The minimum absolute atomic E-state index is 0.563. The molecule has 0 amide bonds. The Balaban J connectivity index is 1.60. The molecule has 0 aromatic carbocycles. The lowest BCUT2D eigenvalue weighted by molar-refractivity contribution is 0.277. The van der Waals surface area contributed by atoms with Crippen molar-refractivity contribution in [1.82, 2.24) is 24.8 Å². The predicted octanol–water partition coefficient (Wildman–Crippen LogP) is 3.56. The second-order valence-corrected chi connectivity index (χ2v) is 7.28. The Labute approximate surface area is 157 Å². The van der Waals surface area contributed by atoms with Crippen LogP contribution in [-0.4, -0.2) is 50.5 Å². The van der Waals surface area contributed by atoms with Gasteiger partial charge in [-0.25, -0.2) is 9.97 Å². The molecule has 0 aliphatic carbocycles. The summed E-state index contributed by atoms with van der Waals surface area (Å²) < 4.78 is 0. The molecule has 1 N–H and O–H groups in total. The Hall–Kier alpha value is -2.38. The van der Waals surface area contributed by atoms with Gasteiger partial charge in [-0.2, -0.15) is 0 Å². The molecule has 1 saturated heterocycles. The minimum atomic E-state index is 0.563. The molecule has 1 aliphatic rings. The number of thiophene rings is 1. The van der Waals surface area contributed by atoms with E-state index in [-0.39, 0.29) is 0 Å². The number of anilines is 1. The highest BCUT2D eigenvalue weighted by Crippen LogP contribution is 2.32. The molecule has 26 heavy (non-hydrogen) atoms. The number of aromatic nitrogens is 4. The molecule has 0 saturated carbocycles. The SMILES string of the molecule is CCN1CCC[C@H]1CNc1ncc(-c2cnccn2)c(-c2cccs2)n1. The largest absolute Gasteiger partial charge is 0.353 e. The fourth-order valence-electron chi connectivity index (χ4n) is 3.45. The van der Waals surface area contributed by atoms with Gasteiger partial charge in [-0.05, 0) is 37.4 Å². The van der Waals surface area contributed by atoms with Gasteiger partial charge in [-0.15, -0.1) is 11.3 Å². The summed E-state index contributed by atoms with van der Waals surface area (Å²) >= 11 is 1.67. The number of nitrogens with zero attached hydrogens (tertiary/aromatic N) is 5. The van der Waals surface area contributed by atoms with E-state index in [0.717, 1.165) is 34.9 Å². The first-order chi connectivity index (χ1) is 12.8. The van der Waals surface area contributed by atoms with Crippen LogP contribution in [0.4, 0.5) is 5.95 Å². The summed E-state index contributed by atoms with van der Waals surface area (Å²) in [5, 5.41) is 5.49. The zero-order valence-electron chi connectivity index (χ0n) is 14.8. The van der Waals surface area contributed by atoms with Crippen molar-refractivity contribution in [1.29, 1.82) is 0 Å². The third-order valence-electron chi connectivity index (χ3n) is 4.78. The molecule has 3 aromatic heterocycles. The van der Waals surface area contributed by atoms with E-state index in [1.807, 2.05) is 12.3 Å². The van der Waals surface area contributed by atoms with Gasteiger partial charge in [0.25, 0.3) is 0 Å². The van der Waals surface area contributed by atoms with E-state index in [2.05, 4.69) is 43.5 Å². The van der Waals surface area contributed by atoms with E-state index in [4.69, 9.17) is 4.98 Å². The maximum Gasteiger partial charge on any atom is 0.223 e. The molecular weight excluding hydrogens is 344 g/mol. The first kappa shape index (κ1) is 17.1. The van der Waals surface area contributed by atoms with Crippen molar-refractivity contribution in [2.75, 3.05) is 25.0 Å². The molecule has 4 rings (SSSR count). The highest BCUT2D eigenvalue weighted by atomic mass is 32.1. The Bertz CT molecular complexity index is 837. The van der Waals surface area contributed by atoms with E-state index >= 15 is 0 Å². The molecule has 4 heterocycles. The van der Waals surface area contributed by atoms with Crippen LogP contribution < -0.4 is 5.32 Å². The summed E-state index contributed by atoms with van der Waals surface area (Å²) in [6.07, 6.45) is 9.47. The predicted molar refractivity (Wildman–Crippen MR) is 105 cm³/mol. The molecule has 3 aromatic rings. The van der Waals surface area contributed by atoms with Crippen molar-refractivity contribution in [3.05, 3.63) is 42.3 Å². The number of likely N-dealkylation sites (N-methyl/N-ethyl adjacent to an activating group) is 1. The standard InChI is InChI=1S/C19H22N6S/c1-2-25-9-3-5-14(25)11-22-19-23-12-15(16-13-20-7-8-21-16)18(24-19)17-6-4-10-26-17/h4,6-8,10,12-14H,2-3,5,9,11H2,1H3,(H,22,23,24)/t14-/m0/s1. The summed E-state index contributed by atoms with van der Waals surface area (Å²) in [5.74, 6) is 0.670. The fraction of sp³-hybridized carbons (Fsp3) is 0.368. The summed E-state index contributed by atoms with van der Waals surface area (Å²) in [6, 6.07) is 4.67. The van der Waals surface area contributed by atoms with Gasteiger partial charge in [-0.1, -0.05) is 13.0 Å².